The summed E-state index contributed by atoms with van der Waals surface area (Å²) in [6, 6.07) is 11.2. The highest BCUT2D eigenvalue weighted by molar-refractivity contribution is 6.06. The van der Waals surface area contributed by atoms with Crippen LogP contribution in [0.3, 0.4) is 0 Å². The first kappa shape index (κ1) is 23.1. The van der Waals surface area contributed by atoms with E-state index in [2.05, 4.69) is 10.1 Å². The van der Waals surface area contributed by atoms with Crippen molar-refractivity contribution in [3.63, 3.8) is 0 Å². The van der Waals surface area contributed by atoms with Crippen LogP contribution < -0.4 is 21.9 Å². The topological polar surface area (TPSA) is 119 Å². The van der Waals surface area contributed by atoms with Crippen molar-refractivity contribution >= 4 is 17.4 Å². The van der Waals surface area contributed by atoms with Crippen molar-refractivity contribution in [2.24, 2.45) is 5.92 Å². The minimum atomic E-state index is -0.687. The third-order valence-electron chi connectivity index (χ3n) is 5.12. The lowest BCUT2D eigenvalue weighted by Crippen LogP contribution is -2.43. The Morgan fingerprint density at radius 3 is 2.53 bits per heavy atom. The molecule has 9 heteroatoms. The summed E-state index contributed by atoms with van der Waals surface area (Å²) in [5.41, 5.74) is 6.77. The van der Waals surface area contributed by atoms with Gasteiger partial charge in [-0.15, -0.1) is 0 Å². The summed E-state index contributed by atoms with van der Waals surface area (Å²) in [5.74, 6) is -0.416. The van der Waals surface area contributed by atoms with Crippen molar-refractivity contribution in [1.29, 1.82) is 0 Å². The first-order valence-electron chi connectivity index (χ1n) is 10.8. The lowest BCUT2D eigenvalue weighted by Gasteiger charge is -2.25. The summed E-state index contributed by atoms with van der Waals surface area (Å²) in [7, 11) is 0. The van der Waals surface area contributed by atoms with E-state index in [1.165, 1.54) is 9.47 Å². The monoisotopic (exact) mass is 438 g/mol. The summed E-state index contributed by atoms with van der Waals surface area (Å²) in [4.78, 5) is 42.3. The molecule has 0 radical (unpaired) electrons. The van der Waals surface area contributed by atoms with E-state index in [0.29, 0.717) is 13.0 Å². The predicted molar refractivity (Wildman–Crippen MR) is 125 cm³/mol. The molecular formula is C23H30N6O3. The fourth-order valence-corrected chi connectivity index (χ4v) is 3.57. The molecule has 0 spiro atoms. The van der Waals surface area contributed by atoms with Gasteiger partial charge in [0.25, 0.3) is 11.5 Å². The molecule has 0 saturated heterocycles. The molecule has 1 amide bonds. The van der Waals surface area contributed by atoms with Crippen LogP contribution in [-0.4, -0.2) is 31.8 Å². The van der Waals surface area contributed by atoms with E-state index < -0.39 is 17.2 Å². The van der Waals surface area contributed by atoms with Gasteiger partial charge in [-0.2, -0.15) is 5.10 Å². The zero-order chi connectivity index (χ0) is 23.4. The number of aromatic amines is 1. The van der Waals surface area contributed by atoms with Crippen molar-refractivity contribution in [1.82, 2.24) is 19.3 Å². The second-order valence-electron chi connectivity index (χ2n) is 8.23. The molecule has 0 bridgehead atoms. The first-order valence-corrected chi connectivity index (χ1v) is 10.8. The third-order valence-corrected chi connectivity index (χ3v) is 5.12. The summed E-state index contributed by atoms with van der Waals surface area (Å²) < 4.78 is 2.99. The largest absolute Gasteiger partial charge is 0.383 e. The molecular weight excluding hydrogens is 408 g/mol. The highest BCUT2D eigenvalue weighted by atomic mass is 16.2. The van der Waals surface area contributed by atoms with E-state index >= 15 is 0 Å². The maximum atomic E-state index is 13.5. The van der Waals surface area contributed by atoms with E-state index in [1.807, 2.05) is 58.0 Å². The number of anilines is 2. The number of aryl methyl sites for hydroxylation is 1. The van der Waals surface area contributed by atoms with Crippen molar-refractivity contribution in [3.05, 3.63) is 68.6 Å². The Balaban J connectivity index is 2.10. The number of hydrogen-bond donors (Lipinski definition) is 2. The number of unbranched alkanes of at least 4 members (excludes halogenated alkanes) is 1. The highest BCUT2D eigenvalue weighted by Crippen LogP contribution is 2.22. The van der Waals surface area contributed by atoms with Gasteiger partial charge in [0.05, 0.1) is 5.69 Å². The summed E-state index contributed by atoms with van der Waals surface area (Å²) in [5, 5.41) is 4.49. The SMILES string of the molecule is CCCCn1c(N)c(N(CC(C)C)C(=O)c2cc(C)n(-c3ccccc3)n2)c(=O)[nH]c1=O. The molecule has 0 unspecified atom stereocenters. The summed E-state index contributed by atoms with van der Waals surface area (Å²) >= 11 is 0. The molecule has 0 aliphatic carbocycles. The smallest absolute Gasteiger partial charge is 0.330 e. The molecule has 2 heterocycles. The van der Waals surface area contributed by atoms with Gasteiger partial charge in [0.2, 0.25) is 0 Å². The Kier molecular flexibility index (Phi) is 6.97. The number of nitrogen functional groups attached to an aromatic ring is 1. The first-order chi connectivity index (χ1) is 15.2. The number of rotatable bonds is 8. The number of nitrogens with one attached hydrogen (secondary N) is 1. The number of nitrogens with zero attached hydrogens (tertiary/aromatic N) is 4. The minimum absolute atomic E-state index is 0.0135. The second-order valence-corrected chi connectivity index (χ2v) is 8.23. The normalized spacial score (nSPS) is 11.2. The molecule has 3 N–H and O–H groups in total. The number of carbonyl (C=O) groups excluding carboxylic acids is 1. The Labute approximate surface area is 186 Å². The fourth-order valence-electron chi connectivity index (χ4n) is 3.57. The van der Waals surface area contributed by atoms with Gasteiger partial charge in [-0.05, 0) is 37.5 Å². The summed E-state index contributed by atoms with van der Waals surface area (Å²) in [6.07, 6.45) is 1.57. The molecule has 170 valence electrons. The minimum Gasteiger partial charge on any atom is -0.383 e. The Morgan fingerprint density at radius 2 is 1.91 bits per heavy atom. The Bertz CT molecular complexity index is 1210. The molecule has 9 nitrogen and oxygen atoms in total. The fraction of sp³-hybridized carbons (Fsp3) is 0.391. The molecule has 3 rings (SSSR count). The van der Waals surface area contributed by atoms with Gasteiger partial charge in [0, 0.05) is 18.8 Å². The molecule has 2 aromatic heterocycles. The summed E-state index contributed by atoms with van der Waals surface area (Å²) in [6.45, 7) is 8.33. The molecule has 0 fully saturated rings. The highest BCUT2D eigenvalue weighted by Gasteiger charge is 2.28. The average Bonchev–Trinajstić information content (AvgIpc) is 3.14. The van der Waals surface area contributed by atoms with Crippen LogP contribution in [0, 0.1) is 12.8 Å². The molecule has 0 aliphatic rings. The van der Waals surface area contributed by atoms with Crippen molar-refractivity contribution < 1.29 is 4.79 Å². The quantitative estimate of drug-likeness (QED) is 0.560. The Morgan fingerprint density at radius 1 is 1.22 bits per heavy atom. The van der Waals surface area contributed by atoms with Gasteiger partial charge in [-0.3, -0.25) is 24.0 Å². The lowest BCUT2D eigenvalue weighted by atomic mass is 10.2. The van der Waals surface area contributed by atoms with Crippen LogP contribution in [-0.2, 0) is 6.54 Å². The van der Waals surface area contributed by atoms with Crippen molar-refractivity contribution in [2.45, 2.75) is 47.1 Å². The van der Waals surface area contributed by atoms with Gasteiger partial charge < -0.3 is 5.73 Å². The van der Waals surface area contributed by atoms with Crippen LogP contribution in [0.25, 0.3) is 5.69 Å². The van der Waals surface area contributed by atoms with Crippen LogP contribution >= 0.6 is 0 Å². The maximum absolute atomic E-state index is 13.5. The van der Waals surface area contributed by atoms with Crippen LogP contribution in [0.15, 0.2) is 46.0 Å². The van der Waals surface area contributed by atoms with E-state index in [0.717, 1.165) is 17.8 Å². The van der Waals surface area contributed by atoms with Crippen LogP contribution in [0.4, 0.5) is 11.5 Å². The predicted octanol–water partition coefficient (Wildman–Crippen LogP) is 2.72. The zero-order valence-corrected chi connectivity index (χ0v) is 19.0. The number of para-hydroxylation sites is 1. The van der Waals surface area contributed by atoms with Crippen LogP contribution in [0.1, 0.15) is 49.8 Å². The number of amides is 1. The van der Waals surface area contributed by atoms with Gasteiger partial charge in [0.15, 0.2) is 11.4 Å². The number of H-pyrrole nitrogens is 1. The molecule has 1 aromatic carbocycles. The number of hydrogen-bond acceptors (Lipinski definition) is 5. The second kappa shape index (κ2) is 9.67. The molecule has 0 atom stereocenters. The zero-order valence-electron chi connectivity index (χ0n) is 19.0. The molecule has 0 saturated carbocycles. The average molecular weight is 439 g/mol. The number of nitrogens with two attached hydrogens (primary N) is 1. The molecule has 3 aromatic rings. The number of aromatic nitrogens is 4. The van der Waals surface area contributed by atoms with Crippen molar-refractivity contribution in [3.8, 4) is 5.69 Å². The van der Waals surface area contributed by atoms with Gasteiger partial charge >= 0.3 is 5.69 Å². The standard InChI is InChI=1S/C23H30N6O3/c1-5-6-12-27-20(24)19(21(30)25-23(27)32)28(14-15(2)3)22(31)18-13-16(4)29(26-18)17-10-8-7-9-11-17/h7-11,13,15H,5-6,12,14,24H2,1-4H3,(H,25,30,32). The van der Waals surface area contributed by atoms with Gasteiger partial charge in [-0.1, -0.05) is 45.4 Å². The Hall–Kier alpha value is -3.62. The van der Waals surface area contributed by atoms with Gasteiger partial charge in [-0.25, -0.2) is 9.48 Å². The van der Waals surface area contributed by atoms with Crippen LogP contribution in [0.5, 0.6) is 0 Å². The van der Waals surface area contributed by atoms with Crippen molar-refractivity contribution in [2.75, 3.05) is 17.2 Å². The van der Waals surface area contributed by atoms with Gasteiger partial charge in [0.1, 0.15) is 5.82 Å². The third kappa shape index (κ3) is 4.66. The molecule has 32 heavy (non-hydrogen) atoms. The maximum Gasteiger partial charge on any atom is 0.330 e. The number of benzene rings is 1. The van der Waals surface area contributed by atoms with E-state index in [1.54, 1.807) is 10.7 Å². The van der Waals surface area contributed by atoms with E-state index in [4.69, 9.17) is 5.73 Å². The van der Waals surface area contributed by atoms with Crippen LogP contribution in [0.2, 0.25) is 0 Å². The van der Waals surface area contributed by atoms with E-state index in [9.17, 15) is 14.4 Å². The lowest BCUT2D eigenvalue weighted by molar-refractivity contribution is 0.0978. The molecule has 0 aliphatic heterocycles. The number of carbonyl (C=O) groups is 1. The van der Waals surface area contributed by atoms with E-state index in [-0.39, 0.29) is 29.7 Å².